The summed E-state index contributed by atoms with van der Waals surface area (Å²) in [5, 5.41) is 1.76. The number of nitrogens with zero attached hydrogens (tertiary/aromatic N) is 3. The number of methoxy groups -OCH3 is 1. The summed E-state index contributed by atoms with van der Waals surface area (Å²) in [4.78, 5) is 17.1. The summed E-state index contributed by atoms with van der Waals surface area (Å²) in [6.45, 7) is 8.86. The van der Waals surface area contributed by atoms with E-state index >= 15 is 0 Å². The van der Waals surface area contributed by atoms with E-state index in [0.717, 1.165) is 79.5 Å². The van der Waals surface area contributed by atoms with Crippen molar-refractivity contribution in [3.05, 3.63) is 64.8 Å². The lowest BCUT2D eigenvalue weighted by molar-refractivity contribution is 0.101. The third-order valence-electron chi connectivity index (χ3n) is 6.12. The Morgan fingerprint density at radius 1 is 1.00 bits per heavy atom. The summed E-state index contributed by atoms with van der Waals surface area (Å²) in [5.74, 6) is 0.912. The number of fused-ring (bicyclic) bond motifs is 1. The Bertz CT molecular complexity index is 1040. The largest absolute Gasteiger partial charge is 0.495 e. The second-order valence-electron chi connectivity index (χ2n) is 8.25. The van der Waals surface area contributed by atoms with Gasteiger partial charge in [-0.15, -0.1) is 0 Å². The van der Waals surface area contributed by atoms with Crippen LogP contribution in [0.5, 0.6) is 5.75 Å². The topological polar surface area (TPSA) is 37.7 Å². The van der Waals surface area contributed by atoms with Gasteiger partial charge < -0.3 is 14.2 Å². The zero-order valence-corrected chi connectivity index (χ0v) is 19.1. The number of hydrogen-bond donors (Lipinski definition) is 0. The molecule has 2 heterocycles. The predicted octanol–water partition coefficient (Wildman–Crippen LogP) is 4.71. The van der Waals surface area contributed by atoms with Crippen molar-refractivity contribution in [3.63, 3.8) is 0 Å². The molecule has 1 aromatic heterocycles. The van der Waals surface area contributed by atoms with Crippen molar-refractivity contribution in [1.82, 2.24) is 14.4 Å². The second kappa shape index (κ2) is 9.86. The van der Waals surface area contributed by atoms with Crippen molar-refractivity contribution in [2.45, 2.75) is 26.4 Å². The molecule has 0 atom stereocenters. The normalized spacial score (nSPS) is 15.5. The molecule has 2 aromatic carbocycles. The van der Waals surface area contributed by atoms with E-state index in [1.54, 1.807) is 14.0 Å². The molecule has 1 aliphatic heterocycles. The van der Waals surface area contributed by atoms with Crippen molar-refractivity contribution < 1.29 is 9.53 Å². The molecule has 1 aliphatic rings. The van der Waals surface area contributed by atoms with Crippen LogP contribution in [0.3, 0.4) is 0 Å². The van der Waals surface area contributed by atoms with Crippen LogP contribution in [0.15, 0.2) is 48.7 Å². The van der Waals surface area contributed by atoms with Gasteiger partial charge in [-0.25, -0.2) is 0 Å². The van der Waals surface area contributed by atoms with Crippen LogP contribution in [0.2, 0.25) is 5.02 Å². The maximum atomic E-state index is 12.1. The van der Waals surface area contributed by atoms with Crippen LogP contribution in [0, 0.1) is 0 Å². The molecule has 164 valence electrons. The molecule has 0 aliphatic carbocycles. The first-order chi connectivity index (χ1) is 15.0. The summed E-state index contributed by atoms with van der Waals surface area (Å²) >= 11 is 5.99. The summed E-state index contributed by atoms with van der Waals surface area (Å²) in [5.41, 5.74) is 3.10. The molecule has 0 spiro atoms. The van der Waals surface area contributed by atoms with E-state index in [1.807, 2.05) is 36.5 Å². The third-order valence-corrected chi connectivity index (χ3v) is 6.37. The number of aromatic nitrogens is 1. The lowest BCUT2D eigenvalue weighted by Crippen LogP contribution is -2.46. The maximum absolute atomic E-state index is 12.1. The average Bonchev–Trinajstić information content (AvgIpc) is 3.16. The minimum absolute atomic E-state index is 0.0915. The van der Waals surface area contributed by atoms with Gasteiger partial charge in [0.25, 0.3) is 0 Å². The van der Waals surface area contributed by atoms with E-state index in [4.69, 9.17) is 16.3 Å². The summed E-state index contributed by atoms with van der Waals surface area (Å²) in [6, 6.07) is 14.1. The van der Waals surface area contributed by atoms with Crippen molar-refractivity contribution >= 4 is 28.3 Å². The summed E-state index contributed by atoms with van der Waals surface area (Å²) < 4.78 is 7.75. The number of hydrogen-bond acceptors (Lipinski definition) is 4. The molecule has 0 unspecified atom stereocenters. The first-order valence-corrected chi connectivity index (χ1v) is 11.3. The van der Waals surface area contributed by atoms with Crippen molar-refractivity contribution in [3.8, 4) is 5.75 Å². The first-order valence-electron chi connectivity index (χ1n) is 10.9. The molecule has 1 saturated heterocycles. The van der Waals surface area contributed by atoms with E-state index in [0.29, 0.717) is 0 Å². The Labute approximate surface area is 189 Å². The highest BCUT2D eigenvalue weighted by Crippen LogP contribution is 2.30. The number of Topliss-reactive ketones (excluding diaryl/α,β-unsaturated/α-hetero) is 1. The summed E-state index contributed by atoms with van der Waals surface area (Å²) in [7, 11) is 1.68. The number of rotatable bonds is 8. The maximum Gasteiger partial charge on any atom is 0.161 e. The molecule has 0 radical (unpaired) electrons. The molecule has 1 fully saturated rings. The highest BCUT2D eigenvalue weighted by molar-refractivity contribution is 6.30. The number of piperazine rings is 1. The Morgan fingerprint density at radius 3 is 2.39 bits per heavy atom. The molecular weight excluding hydrogens is 410 g/mol. The fourth-order valence-corrected chi connectivity index (χ4v) is 4.56. The van der Waals surface area contributed by atoms with Crippen LogP contribution in [-0.2, 0) is 13.1 Å². The molecule has 31 heavy (non-hydrogen) atoms. The molecule has 4 rings (SSSR count). The first kappa shape index (κ1) is 21.9. The molecule has 0 bridgehead atoms. The third kappa shape index (κ3) is 5.12. The van der Waals surface area contributed by atoms with E-state index < -0.39 is 0 Å². The minimum Gasteiger partial charge on any atom is -0.495 e. The number of carbonyl (C=O) groups excluding carboxylic acids is 1. The monoisotopic (exact) mass is 439 g/mol. The van der Waals surface area contributed by atoms with Crippen LogP contribution >= 0.6 is 11.6 Å². The second-order valence-corrected chi connectivity index (χ2v) is 8.68. The van der Waals surface area contributed by atoms with Gasteiger partial charge in [-0.1, -0.05) is 35.9 Å². The SMILES string of the molecule is COc1cccc2c(C(C)=O)cn(CCCN3CCN(Cc4ccc(Cl)cc4)CC3)c12. The van der Waals surface area contributed by atoms with E-state index in [-0.39, 0.29) is 5.78 Å². The van der Waals surface area contributed by atoms with Gasteiger partial charge in [0.05, 0.1) is 12.6 Å². The van der Waals surface area contributed by atoms with Crippen LogP contribution in [0.1, 0.15) is 29.3 Å². The number of benzene rings is 2. The highest BCUT2D eigenvalue weighted by atomic mass is 35.5. The molecule has 5 nitrogen and oxygen atoms in total. The Hall–Kier alpha value is -2.34. The van der Waals surface area contributed by atoms with Gasteiger partial charge in [0.2, 0.25) is 0 Å². The molecule has 0 N–H and O–H groups in total. The van der Waals surface area contributed by atoms with E-state index in [9.17, 15) is 4.79 Å². The Morgan fingerprint density at radius 2 is 1.71 bits per heavy atom. The lowest BCUT2D eigenvalue weighted by atomic mass is 10.1. The standard InChI is InChI=1S/C25H30ClN3O2/c1-19(30)23-18-29(25-22(23)5-3-6-24(25)31-2)12-4-11-27-13-15-28(16-14-27)17-20-7-9-21(26)10-8-20/h3,5-10,18H,4,11-17H2,1-2H3. The van der Waals surface area contributed by atoms with Gasteiger partial charge in [0.15, 0.2) is 5.78 Å². The Balaban J connectivity index is 1.32. The van der Waals surface area contributed by atoms with Gasteiger partial charge in [0, 0.05) is 61.4 Å². The summed E-state index contributed by atoms with van der Waals surface area (Å²) in [6.07, 6.45) is 3.02. The Kier molecular flexibility index (Phi) is 6.96. The number of ketones is 1. The highest BCUT2D eigenvalue weighted by Gasteiger charge is 2.18. The number of halogens is 1. The molecule has 0 saturated carbocycles. The van der Waals surface area contributed by atoms with Gasteiger partial charge in [0.1, 0.15) is 5.75 Å². The quantitative estimate of drug-likeness (QED) is 0.476. The fraction of sp³-hybridized carbons (Fsp3) is 0.400. The van der Waals surface area contributed by atoms with E-state index in [1.165, 1.54) is 5.56 Å². The predicted molar refractivity (Wildman–Crippen MR) is 126 cm³/mol. The number of ether oxygens (including phenoxy) is 1. The van der Waals surface area contributed by atoms with Crippen LogP contribution < -0.4 is 4.74 Å². The minimum atomic E-state index is 0.0915. The molecule has 0 amide bonds. The van der Waals surface area contributed by atoms with Crippen LogP contribution in [0.4, 0.5) is 0 Å². The van der Waals surface area contributed by atoms with Gasteiger partial charge in [-0.05, 0) is 43.7 Å². The number of carbonyl (C=O) groups is 1. The van der Waals surface area contributed by atoms with Crippen LogP contribution in [-0.4, -0.2) is 60.0 Å². The van der Waals surface area contributed by atoms with E-state index in [2.05, 4.69) is 26.5 Å². The average molecular weight is 440 g/mol. The fourth-order valence-electron chi connectivity index (χ4n) is 4.43. The molecule has 3 aromatic rings. The van der Waals surface area contributed by atoms with Crippen molar-refractivity contribution in [2.24, 2.45) is 0 Å². The van der Waals surface area contributed by atoms with Crippen LogP contribution in [0.25, 0.3) is 10.9 Å². The van der Waals surface area contributed by atoms with Crippen molar-refractivity contribution in [1.29, 1.82) is 0 Å². The zero-order valence-electron chi connectivity index (χ0n) is 18.3. The number of para-hydroxylation sites is 1. The molecular formula is C25H30ClN3O2. The van der Waals surface area contributed by atoms with Gasteiger partial charge >= 0.3 is 0 Å². The molecule has 6 heteroatoms. The van der Waals surface area contributed by atoms with Gasteiger partial charge in [-0.3, -0.25) is 9.69 Å². The van der Waals surface area contributed by atoms with Gasteiger partial charge in [-0.2, -0.15) is 0 Å². The smallest absolute Gasteiger partial charge is 0.161 e. The zero-order chi connectivity index (χ0) is 21.8. The lowest BCUT2D eigenvalue weighted by Gasteiger charge is -2.34. The number of aryl methyl sites for hydroxylation is 1. The van der Waals surface area contributed by atoms with Crippen molar-refractivity contribution in [2.75, 3.05) is 39.8 Å².